The number of allylic oxidation sites excluding steroid dienone is 2. The van der Waals surface area contributed by atoms with Crippen LogP contribution >= 0.6 is 0 Å². The third kappa shape index (κ3) is 5.80. The number of hydrogen-bond acceptors (Lipinski definition) is 8. The molecule has 0 saturated carbocycles. The molecule has 2 aliphatic heterocycles. The van der Waals surface area contributed by atoms with E-state index >= 15 is 0 Å². The van der Waals surface area contributed by atoms with Crippen LogP contribution in [0.1, 0.15) is 23.2 Å². The van der Waals surface area contributed by atoms with Crippen LogP contribution in [0.5, 0.6) is 5.75 Å². The summed E-state index contributed by atoms with van der Waals surface area (Å²) in [5.41, 5.74) is 0.503. The van der Waals surface area contributed by atoms with E-state index in [2.05, 4.69) is 4.72 Å². The zero-order chi connectivity index (χ0) is 28.3. The molecule has 2 N–H and O–H groups in total. The fourth-order valence-electron chi connectivity index (χ4n) is 5.10. The third-order valence-corrected chi connectivity index (χ3v) is 8.74. The molecule has 0 spiro atoms. The molecule has 0 bridgehead atoms. The van der Waals surface area contributed by atoms with Gasteiger partial charge in [-0.3, -0.25) is 19.3 Å². The molecule has 3 atom stereocenters. The molecule has 3 aliphatic rings. The van der Waals surface area contributed by atoms with Gasteiger partial charge in [-0.05, 0) is 49.2 Å². The molecule has 2 aromatic carbocycles. The van der Waals surface area contributed by atoms with Gasteiger partial charge in [0.25, 0.3) is 5.91 Å². The highest BCUT2D eigenvalue weighted by Gasteiger charge is 2.47. The summed E-state index contributed by atoms with van der Waals surface area (Å²) in [6.07, 6.45) is 3.80. The second-order valence-electron chi connectivity index (χ2n) is 9.88. The first-order valence-electron chi connectivity index (χ1n) is 13.2. The van der Waals surface area contributed by atoms with Crippen LogP contribution < -0.4 is 14.4 Å². The smallest absolute Gasteiger partial charge is 0.255 e. The maximum absolute atomic E-state index is 13.0. The number of rotatable bonds is 9. The van der Waals surface area contributed by atoms with Gasteiger partial charge in [-0.2, -0.15) is 0 Å². The van der Waals surface area contributed by atoms with Crippen LogP contribution in [0.15, 0.2) is 65.6 Å². The van der Waals surface area contributed by atoms with Gasteiger partial charge in [0.15, 0.2) is 0 Å². The van der Waals surface area contributed by atoms with Gasteiger partial charge < -0.3 is 19.5 Å². The molecule has 40 heavy (non-hydrogen) atoms. The van der Waals surface area contributed by atoms with Crippen molar-refractivity contribution in [3.05, 3.63) is 66.2 Å². The number of morpholine rings is 1. The lowest BCUT2D eigenvalue weighted by Crippen LogP contribution is -2.42. The fraction of sp³-hybridized carbons (Fsp3) is 0.393. The summed E-state index contributed by atoms with van der Waals surface area (Å²) >= 11 is 0. The van der Waals surface area contributed by atoms with Crippen molar-refractivity contribution in [3.8, 4) is 5.75 Å². The summed E-state index contributed by atoms with van der Waals surface area (Å²) in [5.74, 6) is -1.07. The first kappa shape index (κ1) is 28.0. The largest absolute Gasteiger partial charge is 0.491 e. The van der Waals surface area contributed by atoms with Crippen molar-refractivity contribution in [1.29, 1.82) is 0 Å². The molecule has 3 unspecified atom stereocenters. The SMILES string of the molecule is O=C(c1ccccc1S(=O)(=O)NCC(O)COc1ccc(N2C(=O)C3CC=CCC3C2=O)cc1)N1CCOCC1. The normalized spacial score (nSPS) is 21.8. The average molecular weight is 570 g/mol. The number of fused-ring (bicyclic) bond motifs is 1. The maximum atomic E-state index is 13.0. The molecule has 2 heterocycles. The molecule has 0 radical (unpaired) electrons. The molecule has 3 amide bonds. The molecule has 2 fully saturated rings. The topological polar surface area (TPSA) is 143 Å². The van der Waals surface area contributed by atoms with Gasteiger partial charge in [0.2, 0.25) is 21.8 Å². The zero-order valence-corrected chi connectivity index (χ0v) is 22.6. The Bertz CT molecular complexity index is 1380. The van der Waals surface area contributed by atoms with Crippen LogP contribution in [0.4, 0.5) is 5.69 Å². The summed E-state index contributed by atoms with van der Waals surface area (Å²) < 4.78 is 39.2. The zero-order valence-electron chi connectivity index (χ0n) is 21.8. The summed E-state index contributed by atoms with van der Waals surface area (Å²) in [6, 6.07) is 12.3. The first-order chi connectivity index (χ1) is 19.3. The summed E-state index contributed by atoms with van der Waals surface area (Å²) in [7, 11) is -4.11. The number of hydrogen-bond donors (Lipinski definition) is 2. The van der Waals surface area contributed by atoms with E-state index in [-0.39, 0.29) is 47.3 Å². The first-order valence-corrected chi connectivity index (χ1v) is 14.6. The van der Waals surface area contributed by atoms with Gasteiger partial charge >= 0.3 is 0 Å². The van der Waals surface area contributed by atoms with Crippen molar-refractivity contribution in [1.82, 2.24) is 9.62 Å². The molecule has 2 saturated heterocycles. The van der Waals surface area contributed by atoms with Crippen LogP contribution in [0.3, 0.4) is 0 Å². The monoisotopic (exact) mass is 569 g/mol. The standard InChI is InChI=1S/C28H31N3O8S/c32-20(17-29-40(36,37)25-8-4-3-7-24(25)26(33)30-13-15-38-16-14-30)18-39-21-11-9-19(10-12-21)31-27(34)22-5-1-2-6-23(22)28(31)35/h1-4,7-12,20,22-23,29,32H,5-6,13-18H2. The summed E-state index contributed by atoms with van der Waals surface area (Å²) in [4.78, 5) is 41.1. The number of ether oxygens (including phenoxy) is 2. The van der Waals surface area contributed by atoms with E-state index < -0.39 is 22.0 Å². The van der Waals surface area contributed by atoms with Crippen molar-refractivity contribution < 1.29 is 37.4 Å². The minimum atomic E-state index is -4.11. The van der Waals surface area contributed by atoms with Gasteiger partial charge in [0.1, 0.15) is 18.5 Å². The van der Waals surface area contributed by atoms with E-state index in [4.69, 9.17) is 9.47 Å². The van der Waals surface area contributed by atoms with Crippen LogP contribution in [0, 0.1) is 11.8 Å². The Kier molecular flexibility index (Phi) is 8.31. The van der Waals surface area contributed by atoms with E-state index in [0.717, 1.165) is 0 Å². The van der Waals surface area contributed by atoms with Crippen LogP contribution in [0.25, 0.3) is 0 Å². The van der Waals surface area contributed by atoms with E-state index in [9.17, 15) is 27.9 Å². The summed E-state index contributed by atoms with van der Waals surface area (Å²) in [6.45, 7) is 0.978. The molecule has 0 aromatic heterocycles. The van der Waals surface area contributed by atoms with E-state index in [0.29, 0.717) is 50.6 Å². The van der Waals surface area contributed by atoms with Gasteiger partial charge in [0.05, 0.1) is 41.2 Å². The number of nitrogens with one attached hydrogen (secondary N) is 1. The average Bonchev–Trinajstić information content (AvgIpc) is 3.24. The number of benzene rings is 2. The number of imide groups is 1. The number of carbonyl (C=O) groups is 3. The van der Waals surface area contributed by atoms with Crippen molar-refractivity contribution >= 4 is 33.4 Å². The molecule has 2 aromatic rings. The van der Waals surface area contributed by atoms with Crippen molar-refractivity contribution in [2.24, 2.45) is 11.8 Å². The Labute approximate surface area is 232 Å². The number of aliphatic hydroxyl groups excluding tert-OH is 1. The molecule has 212 valence electrons. The minimum absolute atomic E-state index is 0.0493. The van der Waals surface area contributed by atoms with Crippen molar-refractivity contribution in [3.63, 3.8) is 0 Å². The lowest BCUT2D eigenvalue weighted by atomic mass is 9.85. The molecule has 11 nitrogen and oxygen atoms in total. The number of aliphatic hydroxyl groups is 1. The fourth-order valence-corrected chi connectivity index (χ4v) is 6.37. The summed E-state index contributed by atoms with van der Waals surface area (Å²) in [5, 5.41) is 10.4. The highest BCUT2D eigenvalue weighted by molar-refractivity contribution is 7.89. The minimum Gasteiger partial charge on any atom is -0.491 e. The van der Waals surface area contributed by atoms with Gasteiger partial charge in [0, 0.05) is 19.6 Å². The van der Waals surface area contributed by atoms with Crippen LogP contribution in [-0.4, -0.2) is 81.7 Å². The van der Waals surface area contributed by atoms with Gasteiger partial charge in [-0.15, -0.1) is 0 Å². The second-order valence-corrected chi connectivity index (χ2v) is 11.6. The van der Waals surface area contributed by atoms with Crippen molar-refractivity contribution in [2.45, 2.75) is 23.8 Å². The number of anilines is 1. The van der Waals surface area contributed by atoms with E-state index in [1.54, 1.807) is 35.2 Å². The highest BCUT2D eigenvalue weighted by atomic mass is 32.2. The Balaban J connectivity index is 1.15. The predicted octanol–water partition coefficient (Wildman–Crippen LogP) is 1.33. The number of sulfonamides is 1. The van der Waals surface area contributed by atoms with Gasteiger partial charge in [-0.1, -0.05) is 24.3 Å². The second kappa shape index (κ2) is 11.9. The number of carbonyl (C=O) groups excluding carboxylic acids is 3. The number of nitrogens with zero attached hydrogens (tertiary/aromatic N) is 2. The lowest BCUT2D eigenvalue weighted by molar-refractivity contribution is -0.122. The molecular weight excluding hydrogens is 538 g/mol. The van der Waals surface area contributed by atoms with E-state index in [1.807, 2.05) is 12.2 Å². The van der Waals surface area contributed by atoms with Crippen LogP contribution in [0.2, 0.25) is 0 Å². The lowest BCUT2D eigenvalue weighted by Gasteiger charge is -2.27. The molecule has 5 rings (SSSR count). The Morgan fingerprint density at radius 1 is 1.00 bits per heavy atom. The highest BCUT2D eigenvalue weighted by Crippen LogP contribution is 2.38. The predicted molar refractivity (Wildman–Crippen MR) is 144 cm³/mol. The van der Waals surface area contributed by atoms with Crippen LogP contribution in [-0.2, 0) is 24.3 Å². The van der Waals surface area contributed by atoms with Crippen molar-refractivity contribution in [2.75, 3.05) is 44.4 Å². The quantitative estimate of drug-likeness (QED) is 0.340. The molecule has 1 aliphatic carbocycles. The third-order valence-electron chi connectivity index (χ3n) is 7.26. The Hall–Kier alpha value is -3.58. The molecule has 12 heteroatoms. The Morgan fingerprint density at radius 3 is 2.27 bits per heavy atom. The molecular formula is C28H31N3O8S. The van der Waals surface area contributed by atoms with E-state index in [1.165, 1.54) is 23.1 Å². The van der Waals surface area contributed by atoms with Gasteiger partial charge in [-0.25, -0.2) is 13.1 Å². The maximum Gasteiger partial charge on any atom is 0.255 e. The Morgan fingerprint density at radius 2 is 1.62 bits per heavy atom. The number of amides is 3.